The monoisotopic (exact) mass is 486 g/mol. The normalized spacial score (nSPS) is 11.7. The Bertz CT molecular complexity index is 2050. The molecule has 6 nitrogen and oxygen atoms in total. The van der Waals surface area contributed by atoms with Crippen LogP contribution in [0.25, 0.3) is 77.4 Å². The molecule has 0 bridgehead atoms. The van der Waals surface area contributed by atoms with Crippen molar-refractivity contribution in [1.29, 1.82) is 0 Å². The highest BCUT2D eigenvalue weighted by molar-refractivity contribution is 6.04. The molecule has 2 aromatic carbocycles. The van der Waals surface area contributed by atoms with Gasteiger partial charge in [0.2, 0.25) is 0 Å². The molecule has 8 rings (SSSR count). The standard InChI is InChI=1S/C32H18N6/c1-3-19-5-7-21-9-11-27(37-31(21)29(19)33-17-1)25-15-13-24-23(35-25)14-16-26(36-24)28-12-10-22-8-6-20-4-2-18-34-30(20)32(22)38-28/h1-18H. The number of rotatable bonds is 2. The van der Waals surface area contributed by atoms with Crippen LogP contribution in [0.3, 0.4) is 0 Å². The minimum absolute atomic E-state index is 0.795. The molecule has 0 spiro atoms. The van der Waals surface area contributed by atoms with Crippen LogP contribution in [-0.4, -0.2) is 29.9 Å². The lowest BCUT2D eigenvalue weighted by Crippen LogP contribution is -1.94. The lowest BCUT2D eigenvalue weighted by molar-refractivity contribution is 1.28. The molecule has 0 fully saturated rings. The number of fused-ring (bicyclic) bond motifs is 7. The zero-order valence-electron chi connectivity index (χ0n) is 20.1. The van der Waals surface area contributed by atoms with Crippen molar-refractivity contribution in [3.63, 3.8) is 0 Å². The van der Waals surface area contributed by atoms with Crippen LogP contribution >= 0.6 is 0 Å². The van der Waals surface area contributed by atoms with E-state index < -0.39 is 0 Å². The van der Waals surface area contributed by atoms with E-state index in [-0.39, 0.29) is 0 Å². The molecule has 0 aliphatic rings. The van der Waals surface area contributed by atoms with Crippen molar-refractivity contribution in [3.8, 4) is 22.8 Å². The van der Waals surface area contributed by atoms with Gasteiger partial charge in [-0.3, -0.25) is 9.97 Å². The summed E-state index contributed by atoms with van der Waals surface area (Å²) in [7, 11) is 0. The second kappa shape index (κ2) is 8.08. The summed E-state index contributed by atoms with van der Waals surface area (Å²) >= 11 is 0. The van der Waals surface area contributed by atoms with E-state index in [1.807, 2.05) is 48.5 Å². The number of pyridine rings is 6. The van der Waals surface area contributed by atoms with Crippen LogP contribution in [0.4, 0.5) is 0 Å². The SMILES string of the molecule is c1cnc2c(c1)ccc1ccc(-c3ccc4nc(-c5ccc6ccc7cccnc7c6n5)ccc4n3)nc12. The Balaban J connectivity index is 1.22. The van der Waals surface area contributed by atoms with E-state index in [4.69, 9.17) is 19.9 Å². The van der Waals surface area contributed by atoms with E-state index in [0.717, 1.165) is 77.4 Å². The summed E-state index contributed by atoms with van der Waals surface area (Å²) in [4.78, 5) is 28.8. The Morgan fingerprint density at radius 1 is 0.316 bits per heavy atom. The van der Waals surface area contributed by atoms with Gasteiger partial charge in [0.1, 0.15) is 0 Å². The number of aromatic nitrogens is 6. The maximum absolute atomic E-state index is 4.94. The maximum Gasteiger partial charge on any atom is 0.0972 e. The van der Waals surface area contributed by atoms with Gasteiger partial charge in [-0.05, 0) is 48.5 Å². The molecule has 6 heteroatoms. The van der Waals surface area contributed by atoms with Crippen molar-refractivity contribution in [3.05, 3.63) is 109 Å². The van der Waals surface area contributed by atoms with Crippen LogP contribution in [0.1, 0.15) is 0 Å². The fourth-order valence-electron chi connectivity index (χ4n) is 5.03. The molecule has 0 radical (unpaired) electrons. The van der Waals surface area contributed by atoms with Gasteiger partial charge in [0.05, 0.1) is 55.9 Å². The van der Waals surface area contributed by atoms with Crippen LogP contribution in [0.15, 0.2) is 109 Å². The summed E-state index contributed by atoms with van der Waals surface area (Å²) in [5.74, 6) is 0. The third-order valence-corrected chi connectivity index (χ3v) is 6.93. The molecule has 0 saturated carbocycles. The van der Waals surface area contributed by atoms with Gasteiger partial charge in [0.15, 0.2) is 0 Å². The van der Waals surface area contributed by atoms with Gasteiger partial charge in [-0.1, -0.05) is 48.5 Å². The zero-order valence-corrected chi connectivity index (χ0v) is 20.1. The van der Waals surface area contributed by atoms with Gasteiger partial charge in [-0.15, -0.1) is 0 Å². The van der Waals surface area contributed by atoms with Crippen LogP contribution in [0.5, 0.6) is 0 Å². The largest absolute Gasteiger partial charge is 0.254 e. The minimum atomic E-state index is 0.795. The van der Waals surface area contributed by atoms with E-state index >= 15 is 0 Å². The van der Waals surface area contributed by atoms with E-state index in [1.54, 1.807) is 12.4 Å². The second-order valence-electron chi connectivity index (χ2n) is 9.25. The molecule has 8 aromatic rings. The third kappa shape index (κ3) is 3.28. The average molecular weight is 487 g/mol. The van der Waals surface area contributed by atoms with Gasteiger partial charge < -0.3 is 0 Å². The summed E-state index contributed by atoms with van der Waals surface area (Å²) in [6.07, 6.45) is 3.61. The first-order valence-electron chi connectivity index (χ1n) is 12.4. The molecular formula is C32H18N6. The summed E-state index contributed by atoms with van der Waals surface area (Å²) in [5, 5.41) is 4.24. The highest BCUT2D eigenvalue weighted by atomic mass is 14.8. The Labute approximate surface area is 216 Å². The molecule has 0 aliphatic carbocycles. The average Bonchev–Trinajstić information content (AvgIpc) is 3.00. The van der Waals surface area contributed by atoms with Crippen molar-refractivity contribution in [2.45, 2.75) is 0 Å². The van der Waals surface area contributed by atoms with Crippen LogP contribution in [0, 0.1) is 0 Å². The van der Waals surface area contributed by atoms with E-state index in [2.05, 4.69) is 58.5 Å². The number of benzene rings is 2. The van der Waals surface area contributed by atoms with Gasteiger partial charge in [0.25, 0.3) is 0 Å². The first-order valence-corrected chi connectivity index (χ1v) is 12.4. The molecule has 38 heavy (non-hydrogen) atoms. The van der Waals surface area contributed by atoms with Gasteiger partial charge in [0, 0.05) is 33.9 Å². The van der Waals surface area contributed by atoms with E-state index in [1.165, 1.54) is 0 Å². The Morgan fingerprint density at radius 2 is 0.684 bits per heavy atom. The zero-order chi connectivity index (χ0) is 25.1. The molecular weight excluding hydrogens is 468 g/mol. The van der Waals surface area contributed by atoms with Crippen LogP contribution in [0.2, 0.25) is 0 Å². The first-order chi connectivity index (χ1) is 18.8. The quantitative estimate of drug-likeness (QED) is 0.241. The van der Waals surface area contributed by atoms with Gasteiger partial charge >= 0.3 is 0 Å². The molecule has 0 aliphatic heterocycles. The summed E-state index contributed by atoms with van der Waals surface area (Å²) < 4.78 is 0. The van der Waals surface area contributed by atoms with E-state index in [9.17, 15) is 0 Å². The number of hydrogen-bond acceptors (Lipinski definition) is 6. The molecule has 176 valence electrons. The van der Waals surface area contributed by atoms with Crippen LogP contribution < -0.4 is 0 Å². The molecule has 0 unspecified atom stereocenters. The molecule has 0 saturated heterocycles. The third-order valence-electron chi connectivity index (χ3n) is 6.93. The van der Waals surface area contributed by atoms with Crippen molar-refractivity contribution < 1.29 is 0 Å². The van der Waals surface area contributed by atoms with Crippen molar-refractivity contribution in [2.75, 3.05) is 0 Å². The lowest BCUT2D eigenvalue weighted by Gasteiger charge is -2.08. The first kappa shape index (κ1) is 20.8. The molecule has 0 amide bonds. The molecule has 6 aromatic heterocycles. The smallest absolute Gasteiger partial charge is 0.0972 e. The van der Waals surface area contributed by atoms with Crippen molar-refractivity contribution in [1.82, 2.24) is 29.9 Å². The molecule has 0 atom stereocenters. The van der Waals surface area contributed by atoms with Crippen molar-refractivity contribution in [2.24, 2.45) is 0 Å². The number of hydrogen-bond donors (Lipinski definition) is 0. The second-order valence-corrected chi connectivity index (χ2v) is 9.25. The predicted molar refractivity (Wildman–Crippen MR) is 152 cm³/mol. The fourth-order valence-corrected chi connectivity index (χ4v) is 5.03. The molecule has 6 heterocycles. The number of nitrogens with zero attached hydrogens (tertiary/aromatic N) is 6. The Kier molecular flexibility index (Phi) is 4.42. The predicted octanol–water partition coefficient (Wildman–Crippen LogP) is 7.16. The lowest BCUT2D eigenvalue weighted by atomic mass is 10.1. The topological polar surface area (TPSA) is 77.3 Å². The summed E-state index contributed by atoms with van der Waals surface area (Å²) in [5.41, 5.74) is 8.34. The van der Waals surface area contributed by atoms with Gasteiger partial charge in [-0.25, -0.2) is 19.9 Å². The van der Waals surface area contributed by atoms with E-state index in [0.29, 0.717) is 0 Å². The van der Waals surface area contributed by atoms with Gasteiger partial charge in [-0.2, -0.15) is 0 Å². The highest BCUT2D eigenvalue weighted by Gasteiger charge is 2.11. The summed E-state index contributed by atoms with van der Waals surface area (Å²) in [6, 6.07) is 32.4. The summed E-state index contributed by atoms with van der Waals surface area (Å²) in [6.45, 7) is 0. The van der Waals surface area contributed by atoms with Crippen molar-refractivity contribution >= 4 is 54.6 Å². The Hall–Kier alpha value is -5.36. The fraction of sp³-hybridized carbons (Fsp3) is 0. The van der Waals surface area contributed by atoms with Crippen LogP contribution in [-0.2, 0) is 0 Å². The highest BCUT2D eigenvalue weighted by Crippen LogP contribution is 2.28. The Morgan fingerprint density at radius 3 is 1.16 bits per heavy atom. The minimum Gasteiger partial charge on any atom is -0.254 e. The maximum atomic E-state index is 4.94. The molecule has 0 N–H and O–H groups in total.